The van der Waals surface area contributed by atoms with Gasteiger partial charge in [-0.2, -0.15) is 0 Å². The molecule has 0 spiro atoms. The van der Waals surface area contributed by atoms with Gasteiger partial charge in [0.1, 0.15) is 0 Å². The van der Waals surface area contributed by atoms with Gasteiger partial charge in [0.15, 0.2) is 0 Å². The summed E-state index contributed by atoms with van der Waals surface area (Å²) in [7, 11) is 0. The molecule has 1 heterocycles. The summed E-state index contributed by atoms with van der Waals surface area (Å²) in [6.45, 7) is 0. The number of fused-ring (bicyclic) bond motifs is 3. The predicted molar refractivity (Wildman–Crippen MR) is 121 cm³/mol. The molecule has 4 aromatic carbocycles. The molecule has 0 saturated heterocycles. The first-order valence-corrected chi connectivity index (χ1v) is 13.9. The van der Waals surface area contributed by atoms with Crippen LogP contribution in [0, 0.1) is 0 Å². The van der Waals surface area contributed by atoms with Gasteiger partial charge in [0.2, 0.25) is 0 Å². The topological polar surface area (TPSA) is 0 Å². The van der Waals surface area contributed by atoms with Crippen LogP contribution in [0.2, 0.25) is 0 Å². The molecule has 0 saturated carbocycles. The molecule has 0 aliphatic rings. The summed E-state index contributed by atoms with van der Waals surface area (Å²) in [6, 6.07) is 35.8. The van der Waals surface area contributed by atoms with Gasteiger partial charge in [-0.05, 0) is 0 Å². The van der Waals surface area contributed by atoms with Crippen molar-refractivity contribution >= 4 is 81.6 Å². The van der Waals surface area contributed by atoms with Gasteiger partial charge in [0, 0.05) is 0 Å². The summed E-state index contributed by atoms with van der Waals surface area (Å²) in [5.74, 6) is 0. The molecule has 27 heavy (non-hydrogen) atoms. The van der Waals surface area contributed by atoms with E-state index in [2.05, 4.69) is 97.1 Å². The van der Waals surface area contributed by atoms with Crippen LogP contribution in [0.3, 0.4) is 0 Å². The molecule has 0 aliphatic carbocycles. The average molecular weight is 541 g/mol. The summed E-state index contributed by atoms with van der Waals surface area (Å²) in [5, 5.41) is 3.09. The molecule has 5 aromatic rings. The van der Waals surface area contributed by atoms with Gasteiger partial charge in [-0.3, -0.25) is 0 Å². The second-order valence-electron chi connectivity index (χ2n) is 6.19. The Morgan fingerprint density at radius 2 is 0.889 bits per heavy atom. The maximum atomic E-state index is 2.35. The fourth-order valence-corrected chi connectivity index (χ4v) is 10.5. The molecule has 0 atom stereocenters. The standard InChI is InChI=1S/C24H16Se3/c1-3-9-17(10-4-1)25-19-13-7-15-21-23(19)24-20(14-8-16-22(24)27-21)26-18-11-5-2-6-12-18/h1-16H. The van der Waals surface area contributed by atoms with Crippen LogP contribution in [0.25, 0.3) is 19.3 Å². The van der Waals surface area contributed by atoms with Crippen molar-refractivity contribution < 1.29 is 0 Å². The molecule has 3 heteroatoms. The average Bonchev–Trinajstić information content (AvgIpc) is 3.10. The number of hydrogen-bond donors (Lipinski definition) is 0. The summed E-state index contributed by atoms with van der Waals surface area (Å²) < 4.78 is 9.08. The summed E-state index contributed by atoms with van der Waals surface area (Å²) in [5.41, 5.74) is 0. The van der Waals surface area contributed by atoms with Crippen LogP contribution in [-0.4, -0.2) is 44.4 Å². The van der Waals surface area contributed by atoms with Crippen LogP contribution >= 0.6 is 0 Å². The van der Waals surface area contributed by atoms with Gasteiger partial charge in [-0.15, -0.1) is 0 Å². The van der Waals surface area contributed by atoms with E-state index in [-0.39, 0.29) is 0 Å². The molecular formula is C24H16Se3. The molecule has 0 nitrogen and oxygen atoms in total. The molecule has 130 valence electrons. The first-order valence-electron chi connectivity index (χ1n) is 8.78. The Labute approximate surface area is 177 Å². The Morgan fingerprint density at radius 3 is 1.33 bits per heavy atom. The Balaban J connectivity index is 1.70. The molecule has 0 fully saturated rings. The molecule has 1 aromatic heterocycles. The van der Waals surface area contributed by atoms with Crippen molar-refractivity contribution in [2.75, 3.05) is 0 Å². The third-order valence-corrected chi connectivity index (χ3v) is 11.2. The number of rotatable bonds is 4. The van der Waals surface area contributed by atoms with E-state index in [0.717, 1.165) is 0 Å². The third kappa shape index (κ3) is 3.60. The minimum absolute atomic E-state index is 0.344. The van der Waals surface area contributed by atoms with Crippen molar-refractivity contribution in [2.45, 2.75) is 0 Å². The fraction of sp³-hybridized carbons (Fsp3) is 0. The van der Waals surface area contributed by atoms with E-state index in [9.17, 15) is 0 Å². The summed E-state index contributed by atoms with van der Waals surface area (Å²) in [6.07, 6.45) is 0. The molecule has 0 amide bonds. The first kappa shape index (κ1) is 17.5. The van der Waals surface area contributed by atoms with Crippen molar-refractivity contribution in [3.8, 4) is 0 Å². The zero-order valence-electron chi connectivity index (χ0n) is 14.5. The monoisotopic (exact) mass is 544 g/mol. The van der Waals surface area contributed by atoms with Crippen LogP contribution in [0.1, 0.15) is 0 Å². The normalized spacial score (nSPS) is 11.3. The van der Waals surface area contributed by atoms with Gasteiger partial charge >= 0.3 is 179 Å². The molecule has 5 rings (SSSR count). The number of hydrogen-bond acceptors (Lipinski definition) is 0. The van der Waals surface area contributed by atoms with Crippen molar-refractivity contribution in [2.24, 2.45) is 0 Å². The van der Waals surface area contributed by atoms with E-state index in [1.54, 1.807) is 19.3 Å². The van der Waals surface area contributed by atoms with E-state index in [0.29, 0.717) is 44.4 Å². The summed E-state index contributed by atoms with van der Waals surface area (Å²) in [4.78, 5) is 0. The van der Waals surface area contributed by atoms with E-state index in [1.165, 1.54) is 17.8 Å². The van der Waals surface area contributed by atoms with Crippen molar-refractivity contribution in [1.82, 2.24) is 0 Å². The zero-order valence-corrected chi connectivity index (χ0v) is 19.6. The maximum absolute atomic E-state index is 2.35. The van der Waals surface area contributed by atoms with E-state index in [1.807, 2.05) is 0 Å². The van der Waals surface area contributed by atoms with Crippen LogP contribution in [0.5, 0.6) is 0 Å². The van der Waals surface area contributed by atoms with Crippen LogP contribution in [0.4, 0.5) is 0 Å². The SMILES string of the molecule is c1ccc([Se]c2cccc3[se]c4cccc([Se]c5ccccc5)c4c23)cc1. The summed E-state index contributed by atoms with van der Waals surface area (Å²) >= 11 is 1.12. The predicted octanol–water partition coefficient (Wildman–Crippen LogP) is 2.36. The van der Waals surface area contributed by atoms with Gasteiger partial charge in [-0.25, -0.2) is 0 Å². The van der Waals surface area contributed by atoms with Crippen LogP contribution in [0.15, 0.2) is 97.1 Å². The third-order valence-electron chi connectivity index (χ3n) is 4.39. The quantitative estimate of drug-likeness (QED) is 0.307. The van der Waals surface area contributed by atoms with Crippen LogP contribution in [-0.2, 0) is 0 Å². The van der Waals surface area contributed by atoms with Crippen molar-refractivity contribution in [3.63, 3.8) is 0 Å². The Bertz CT molecular complexity index is 1110. The second-order valence-corrected chi connectivity index (χ2v) is 13.1. The Morgan fingerprint density at radius 1 is 0.444 bits per heavy atom. The fourth-order valence-electron chi connectivity index (χ4n) is 3.20. The van der Waals surface area contributed by atoms with Crippen molar-refractivity contribution in [3.05, 3.63) is 97.1 Å². The molecule has 0 bridgehead atoms. The first-order chi connectivity index (χ1) is 13.4. The van der Waals surface area contributed by atoms with E-state index < -0.39 is 0 Å². The van der Waals surface area contributed by atoms with Gasteiger partial charge in [-0.1, -0.05) is 0 Å². The van der Waals surface area contributed by atoms with E-state index in [4.69, 9.17) is 0 Å². The van der Waals surface area contributed by atoms with Gasteiger partial charge < -0.3 is 0 Å². The molecule has 0 aliphatic heterocycles. The Kier molecular flexibility index (Phi) is 5.08. The van der Waals surface area contributed by atoms with Crippen molar-refractivity contribution in [1.29, 1.82) is 0 Å². The van der Waals surface area contributed by atoms with Gasteiger partial charge in [0.25, 0.3) is 0 Å². The molecule has 0 N–H and O–H groups in total. The van der Waals surface area contributed by atoms with Gasteiger partial charge in [0.05, 0.1) is 0 Å². The molecule has 0 radical (unpaired) electrons. The second kappa shape index (κ2) is 7.82. The molecular weight excluding hydrogens is 525 g/mol. The Hall–Kier alpha value is -1.56. The van der Waals surface area contributed by atoms with Crippen LogP contribution < -0.4 is 17.8 Å². The van der Waals surface area contributed by atoms with E-state index >= 15 is 0 Å². The number of benzene rings is 4. The minimum atomic E-state index is 0.344. The molecule has 0 unspecified atom stereocenters. The zero-order chi connectivity index (χ0) is 18.1.